The van der Waals surface area contributed by atoms with Crippen LogP contribution in [0.3, 0.4) is 0 Å². The quantitative estimate of drug-likeness (QED) is 0.926. The van der Waals surface area contributed by atoms with E-state index in [0.717, 1.165) is 25.7 Å². The molecule has 20 heavy (non-hydrogen) atoms. The molecule has 0 atom stereocenters. The zero-order valence-electron chi connectivity index (χ0n) is 12.4. The molecule has 0 unspecified atom stereocenters. The largest absolute Gasteiger partial charge is 0.447 e. The molecule has 1 saturated carbocycles. The number of hydrogen-bond acceptors (Lipinski definition) is 4. The molecule has 1 fully saturated rings. The smallest absolute Gasteiger partial charge is 0.276 e. The van der Waals surface area contributed by atoms with Gasteiger partial charge in [0.25, 0.3) is 10.0 Å². The highest BCUT2D eigenvalue weighted by Gasteiger charge is 2.35. The number of rotatable bonds is 4. The van der Waals surface area contributed by atoms with E-state index in [-0.39, 0.29) is 17.7 Å². The summed E-state index contributed by atoms with van der Waals surface area (Å²) in [5.74, 6) is 0.488. The van der Waals surface area contributed by atoms with Crippen LogP contribution in [-0.2, 0) is 16.6 Å². The monoisotopic (exact) mass is 300 g/mol. The summed E-state index contributed by atoms with van der Waals surface area (Å²) in [4.78, 5) is 0. The van der Waals surface area contributed by atoms with Crippen LogP contribution >= 0.6 is 0 Å². The number of nitrogens with two attached hydrogens (primary N) is 1. The summed E-state index contributed by atoms with van der Waals surface area (Å²) in [6, 6.07) is 3.16. The highest BCUT2D eigenvalue weighted by Crippen LogP contribution is 2.37. The fourth-order valence-electron chi connectivity index (χ4n) is 2.69. The van der Waals surface area contributed by atoms with Gasteiger partial charge in [-0.2, -0.15) is 4.31 Å². The molecule has 6 heteroatoms. The molecule has 0 bridgehead atoms. The van der Waals surface area contributed by atoms with Crippen molar-refractivity contribution in [1.29, 1.82) is 0 Å². The van der Waals surface area contributed by atoms with Gasteiger partial charge in [-0.15, -0.1) is 0 Å². The zero-order valence-corrected chi connectivity index (χ0v) is 13.2. The van der Waals surface area contributed by atoms with Crippen molar-refractivity contribution in [3.8, 4) is 0 Å². The lowest BCUT2D eigenvalue weighted by Gasteiger charge is -2.37. The predicted octanol–water partition coefficient (Wildman–Crippen LogP) is 2.33. The van der Waals surface area contributed by atoms with Crippen molar-refractivity contribution in [2.45, 2.75) is 57.2 Å². The summed E-state index contributed by atoms with van der Waals surface area (Å²) >= 11 is 0. The van der Waals surface area contributed by atoms with Gasteiger partial charge in [-0.25, -0.2) is 8.42 Å². The van der Waals surface area contributed by atoms with Crippen molar-refractivity contribution in [2.24, 2.45) is 11.1 Å². The van der Waals surface area contributed by atoms with E-state index < -0.39 is 10.0 Å². The van der Waals surface area contributed by atoms with Crippen molar-refractivity contribution in [3.05, 3.63) is 17.9 Å². The predicted molar refractivity (Wildman–Crippen MR) is 77.6 cm³/mol. The molecule has 0 amide bonds. The first-order valence-electron chi connectivity index (χ1n) is 7.03. The van der Waals surface area contributed by atoms with Gasteiger partial charge >= 0.3 is 0 Å². The summed E-state index contributed by atoms with van der Waals surface area (Å²) < 4.78 is 31.8. The van der Waals surface area contributed by atoms with Crippen LogP contribution in [0, 0.1) is 5.41 Å². The van der Waals surface area contributed by atoms with Crippen LogP contribution in [0.1, 0.15) is 45.3 Å². The van der Waals surface area contributed by atoms with Gasteiger partial charge < -0.3 is 10.2 Å². The Morgan fingerprint density at radius 1 is 1.35 bits per heavy atom. The number of furan rings is 1. The summed E-state index contributed by atoms with van der Waals surface area (Å²) in [6.07, 6.45) is 3.88. The molecule has 114 valence electrons. The van der Waals surface area contributed by atoms with E-state index in [1.165, 1.54) is 10.4 Å². The summed E-state index contributed by atoms with van der Waals surface area (Å²) in [7, 11) is -1.91. The topological polar surface area (TPSA) is 76.5 Å². The SMILES string of the molecule is CN(C1CCC(C)(C)CC1)S(=O)(=O)c1ccc(CN)o1. The molecule has 0 aliphatic heterocycles. The van der Waals surface area contributed by atoms with E-state index in [2.05, 4.69) is 13.8 Å². The van der Waals surface area contributed by atoms with Gasteiger partial charge in [0, 0.05) is 13.1 Å². The van der Waals surface area contributed by atoms with E-state index in [0.29, 0.717) is 11.2 Å². The number of sulfonamides is 1. The fourth-order valence-corrected chi connectivity index (χ4v) is 4.03. The highest BCUT2D eigenvalue weighted by molar-refractivity contribution is 7.89. The summed E-state index contributed by atoms with van der Waals surface area (Å²) in [5, 5.41) is -0.00900. The van der Waals surface area contributed by atoms with Gasteiger partial charge in [0.1, 0.15) is 5.76 Å². The molecular formula is C14H24N2O3S. The second-order valence-electron chi connectivity index (χ2n) is 6.34. The number of hydrogen-bond donors (Lipinski definition) is 1. The maximum Gasteiger partial charge on any atom is 0.276 e. The Labute approximate surface area is 121 Å². The van der Waals surface area contributed by atoms with Gasteiger partial charge in [0.05, 0.1) is 6.54 Å². The Bertz CT molecular complexity index is 553. The Hall–Kier alpha value is -0.850. The molecule has 0 radical (unpaired) electrons. The van der Waals surface area contributed by atoms with Crippen molar-refractivity contribution in [3.63, 3.8) is 0 Å². The second-order valence-corrected chi connectivity index (χ2v) is 8.27. The van der Waals surface area contributed by atoms with Crippen molar-refractivity contribution in [2.75, 3.05) is 7.05 Å². The number of nitrogens with zero attached hydrogens (tertiary/aromatic N) is 1. The minimum Gasteiger partial charge on any atom is -0.447 e. The molecule has 2 N–H and O–H groups in total. The van der Waals surface area contributed by atoms with Gasteiger partial charge in [0.2, 0.25) is 5.09 Å². The first-order chi connectivity index (χ1) is 9.26. The third kappa shape index (κ3) is 3.07. The van der Waals surface area contributed by atoms with Crippen LogP contribution in [0.5, 0.6) is 0 Å². The molecule has 0 saturated heterocycles. The van der Waals surface area contributed by atoms with Crippen molar-refractivity contribution >= 4 is 10.0 Å². The Kier molecular flexibility index (Phi) is 4.27. The zero-order chi connectivity index (χ0) is 15.0. The van der Waals surface area contributed by atoms with E-state index in [1.54, 1.807) is 13.1 Å². The molecule has 1 aliphatic rings. The lowest BCUT2D eigenvalue weighted by atomic mass is 9.76. The minimum atomic E-state index is -3.55. The lowest BCUT2D eigenvalue weighted by molar-refractivity contribution is 0.172. The normalized spacial score (nSPS) is 20.4. The molecule has 2 rings (SSSR count). The highest BCUT2D eigenvalue weighted by atomic mass is 32.2. The molecule has 1 heterocycles. The van der Waals surface area contributed by atoms with Gasteiger partial charge in [-0.1, -0.05) is 13.8 Å². The molecule has 1 aromatic heterocycles. The molecule has 0 aromatic carbocycles. The van der Waals surface area contributed by atoms with Crippen molar-refractivity contribution in [1.82, 2.24) is 4.31 Å². The van der Waals surface area contributed by atoms with Crippen LogP contribution in [-0.4, -0.2) is 25.8 Å². The Morgan fingerprint density at radius 2 is 1.95 bits per heavy atom. The standard InChI is InChI=1S/C14H24N2O3S/c1-14(2)8-6-11(7-9-14)16(3)20(17,18)13-5-4-12(10-15)19-13/h4-5,11H,6-10,15H2,1-3H3. The lowest BCUT2D eigenvalue weighted by Crippen LogP contribution is -2.40. The van der Waals surface area contributed by atoms with Crippen LogP contribution in [0.2, 0.25) is 0 Å². The average Bonchev–Trinajstić information content (AvgIpc) is 2.87. The third-order valence-electron chi connectivity index (χ3n) is 4.29. The molecule has 1 aliphatic carbocycles. The fraction of sp³-hybridized carbons (Fsp3) is 0.714. The van der Waals surface area contributed by atoms with E-state index in [9.17, 15) is 8.42 Å². The van der Waals surface area contributed by atoms with Gasteiger partial charge in [-0.3, -0.25) is 0 Å². The van der Waals surface area contributed by atoms with Crippen LogP contribution in [0.25, 0.3) is 0 Å². The Morgan fingerprint density at radius 3 is 2.45 bits per heavy atom. The van der Waals surface area contributed by atoms with Gasteiger partial charge in [0.15, 0.2) is 0 Å². The van der Waals surface area contributed by atoms with Crippen LogP contribution < -0.4 is 5.73 Å². The molecule has 1 aromatic rings. The average molecular weight is 300 g/mol. The first-order valence-corrected chi connectivity index (χ1v) is 8.47. The Balaban J connectivity index is 2.13. The van der Waals surface area contributed by atoms with Crippen LogP contribution in [0.4, 0.5) is 0 Å². The first kappa shape index (κ1) is 15.5. The maximum absolute atomic E-state index is 12.5. The van der Waals surface area contributed by atoms with E-state index in [4.69, 9.17) is 10.2 Å². The van der Waals surface area contributed by atoms with Gasteiger partial charge in [-0.05, 0) is 43.2 Å². The van der Waals surface area contributed by atoms with E-state index >= 15 is 0 Å². The second kappa shape index (κ2) is 5.50. The maximum atomic E-state index is 12.5. The molecule has 0 spiro atoms. The third-order valence-corrected chi connectivity index (χ3v) is 6.08. The summed E-state index contributed by atoms with van der Waals surface area (Å²) in [6.45, 7) is 4.67. The molecular weight excluding hydrogens is 276 g/mol. The minimum absolute atomic E-state index is 0.00900. The summed E-state index contributed by atoms with van der Waals surface area (Å²) in [5.41, 5.74) is 5.77. The van der Waals surface area contributed by atoms with Crippen molar-refractivity contribution < 1.29 is 12.8 Å². The van der Waals surface area contributed by atoms with Crippen LogP contribution in [0.15, 0.2) is 21.6 Å². The van der Waals surface area contributed by atoms with E-state index in [1.807, 2.05) is 0 Å². The molecule has 5 nitrogen and oxygen atoms in total.